The highest BCUT2D eigenvalue weighted by Gasteiger charge is 2.38. The molecule has 0 spiro atoms. The molecule has 5 nitrogen and oxygen atoms in total. The van der Waals surface area contributed by atoms with Gasteiger partial charge in [-0.2, -0.15) is 0 Å². The monoisotopic (exact) mass is 378 g/mol. The van der Waals surface area contributed by atoms with Crippen LogP contribution in [0.4, 0.5) is 5.69 Å². The number of carbonyl (C=O) groups is 1. The molecule has 3 N–H and O–H groups in total. The van der Waals surface area contributed by atoms with E-state index in [4.69, 9.17) is 18.0 Å². The Morgan fingerprint density at radius 1 is 1.40 bits per heavy atom. The van der Waals surface area contributed by atoms with Gasteiger partial charge >= 0.3 is 0 Å². The van der Waals surface area contributed by atoms with Gasteiger partial charge in [0.15, 0.2) is 9.84 Å². The fraction of sp³-hybridized carbons (Fsp3) is 0.333. The van der Waals surface area contributed by atoms with Gasteiger partial charge in [-0.15, -0.1) is 0 Å². The summed E-state index contributed by atoms with van der Waals surface area (Å²) in [5.74, 6) is -0.643. The number of thiocarbonyl (C=S) groups is 1. The predicted octanol–water partition coefficient (Wildman–Crippen LogP) is 1.85. The summed E-state index contributed by atoms with van der Waals surface area (Å²) in [6, 6.07) is 4.99. The molecule has 1 aromatic rings. The molecule has 1 aromatic carbocycles. The largest absolute Gasteiger partial charge is 0.389 e. The minimum absolute atomic E-state index is 0.116. The second-order valence-corrected chi connectivity index (χ2v) is 8.71. The van der Waals surface area contributed by atoms with E-state index in [1.807, 2.05) is 0 Å². The zero-order valence-corrected chi connectivity index (χ0v) is 14.4. The van der Waals surface area contributed by atoms with Crippen molar-refractivity contribution in [2.24, 2.45) is 5.73 Å². The van der Waals surface area contributed by atoms with E-state index in [-0.39, 0.29) is 4.99 Å². The van der Waals surface area contributed by atoms with Gasteiger partial charge in [-0.3, -0.25) is 4.79 Å². The molecule has 8 heteroatoms. The van der Waals surface area contributed by atoms with Crippen LogP contribution in [0, 0.1) is 0 Å². The van der Waals surface area contributed by atoms with E-state index in [9.17, 15) is 13.2 Å². The Kier molecular flexibility index (Phi) is 4.94. The van der Waals surface area contributed by atoms with Gasteiger partial charge < -0.3 is 11.1 Å². The Hall–Kier alpha value is -0.990. The van der Waals surface area contributed by atoms with E-state index in [2.05, 4.69) is 21.2 Å². The Labute approximate surface area is 132 Å². The standard InChI is InChI=1S/C12H15BrN2O3S2/c1-12(2,20(3,17)18)11(16)15-9-6-7(13)4-5-8(9)10(14)19/h4-6H,1-3H3,(H2,14,19)(H,15,16). The summed E-state index contributed by atoms with van der Waals surface area (Å²) in [6.45, 7) is 2.69. The summed E-state index contributed by atoms with van der Waals surface area (Å²) in [5.41, 5.74) is 6.42. The van der Waals surface area contributed by atoms with Gasteiger partial charge in [0.05, 0.1) is 5.69 Å². The quantitative estimate of drug-likeness (QED) is 0.780. The SMILES string of the molecule is CC(C)(C(=O)Nc1cc(Br)ccc1C(N)=S)S(C)(=O)=O. The first-order chi connectivity index (χ1) is 8.96. The van der Waals surface area contributed by atoms with Crippen molar-refractivity contribution in [3.05, 3.63) is 28.2 Å². The van der Waals surface area contributed by atoms with Gasteiger partial charge in [0.25, 0.3) is 0 Å². The number of hydrogen-bond acceptors (Lipinski definition) is 4. The number of sulfone groups is 1. The molecule has 0 aliphatic carbocycles. The molecule has 0 bridgehead atoms. The minimum atomic E-state index is -3.55. The number of nitrogens with two attached hydrogens (primary N) is 1. The first-order valence-corrected chi connectivity index (χ1v) is 8.66. The molecule has 0 fully saturated rings. The van der Waals surface area contributed by atoms with E-state index in [1.165, 1.54) is 13.8 Å². The lowest BCUT2D eigenvalue weighted by Gasteiger charge is -2.22. The van der Waals surface area contributed by atoms with Gasteiger partial charge in [0.1, 0.15) is 9.74 Å². The van der Waals surface area contributed by atoms with E-state index in [1.54, 1.807) is 18.2 Å². The lowest BCUT2D eigenvalue weighted by Crippen LogP contribution is -2.44. The molecule has 0 aliphatic heterocycles. The molecule has 0 unspecified atom stereocenters. The van der Waals surface area contributed by atoms with Crippen LogP contribution in [0.15, 0.2) is 22.7 Å². The van der Waals surface area contributed by atoms with Gasteiger partial charge in [0.2, 0.25) is 5.91 Å². The number of nitrogens with one attached hydrogen (secondary N) is 1. The maximum Gasteiger partial charge on any atom is 0.245 e. The van der Waals surface area contributed by atoms with E-state index >= 15 is 0 Å². The van der Waals surface area contributed by atoms with Crippen molar-refractivity contribution in [1.82, 2.24) is 0 Å². The molecule has 0 radical (unpaired) electrons. The fourth-order valence-electron chi connectivity index (χ4n) is 1.28. The van der Waals surface area contributed by atoms with E-state index in [0.29, 0.717) is 15.7 Å². The summed E-state index contributed by atoms with van der Waals surface area (Å²) in [6.07, 6.45) is 1.02. The number of hydrogen-bond donors (Lipinski definition) is 2. The smallest absolute Gasteiger partial charge is 0.245 e. The zero-order chi connectivity index (χ0) is 15.7. The third-order valence-corrected chi connectivity index (χ3v) is 5.72. The average molecular weight is 379 g/mol. The van der Waals surface area contributed by atoms with E-state index < -0.39 is 20.5 Å². The molecule has 0 aliphatic rings. The van der Waals surface area contributed by atoms with Crippen LogP contribution in [0.2, 0.25) is 0 Å². The molecule has 1 amide bonds. The third-order valence-electron chi connectivity index (χ3n) is 2.97. The maximum atomic E-state index is 12.2. The van der Waals surface area contributed by atoms with Crippen LogP contribution in [0.25, 0.3) is 0 Å². The van der Waals surface area contributed by atoms with Gasteiger partial charge in [-0.1, -0.05) is 28.1 Å². The van der Waals surface area contributed by atoms with E-state index in [0.717, 1.165) is 6.26 Å². The van der Waals surface area contributed by atoms with Crippen LogP contribution >= 0.6 is 28.1 Å². The van der Waals surface area contributed by atoms with Crippen molar-refractivity contribution in [3.63, 3.8) is 0 Å². The van der Waals surface area contributed by atoms with Crippen molar-refractivity contribution < 1.29 is 13.2 Å². The van der Waals surface area contributed by atoms with Crippen LogP contribution in [-0.2, 0) is 14.6 Å². The first-order valence-electron chi connectivity index (χ1n) is 5.57. The van der Waals surface area contributed by atoms with Crippen LogP contribution in [0.3, 0.4) is 0 Å². The molecular formula is C12H15BrN2O3S2. The predicted molar refractivity (Wildman–Crippen MR) is 87.6 cm³/mol. The zero-order valence-electron chi connectivity index (χ0n) is 11.2. The Morgan fingerprint density at radius 3 is 2.40 bits per heavy atom. The summed E-state index contributed by atoms with van der Waals surface area (Å²) < 4.78 is 22.5. The van der Waals surface area contributed by atoms with Crippen molar-refractivity contribution in [3.8, 4) is 0 Å². The van der Waals surface area contributed by atoms with Crippen LogP contribution in [0.5, 0.6) is 0 Å². The van der Waals surface area contributed by atoms with Crippen molar-refractivity contribution in [2.75, 3.05) is 11.6 Å². The van der Waals surface area contributed by atoms with Crippen LogP contribution < -0.4 is 11.1 Å². The summed E-state index contributed by atoms with van der Waals surface area (Å²) >= 11 is 8.18. The second-order valence-electron chi connectivity index (χ2n) is 4.79. The lowest BCUT2D eigenvalue weighted by atomic mass is 10.1. The first kappa shape index (κ1) is 17.1. The highest BCUT2D eigenvalue weighted by molar-refractivity contribution is 9.10. The third kappa shape index (κ3) is 3.56. The van der Waals surface area contributed by atoms with Crippen LogP contribution in [0.1, 0.15) is 19.4 Å². The number of rotatable bonds is 4. The summed E-state index contributed by atoms with van der Waals surface area (Å²) in [7, 11) is -3.55. The van der Waals surface area contributed by atoms with Crippen molar-refractivity contribution in [1.29, 1.82) is 0 Å². The number of halogens is 1. The molecule has 0 saturated heterocycles. The molecule has 0 saturated carbocycles. The number of amides is 1. The number of benzene rings is 1. The highest BCUT2D eigenvalue weighted by Crippen LogP contribution is 2.24. The average Bonchev–Trinajstić information content (AvgIpc) is 2.26. The van der Waals surface area contributed by atoms with Crippen molar-refractivity contribution >= 4 is 54.6 Å². The lowest BCUT2D eigenvalue weighted by molar-refractivity contribution is -0.117. The summed E-state index contributed by atoms with van der Waals surface area (Å²) in [5, 5.41) is 2.56. The molecule has 20 heavy (non-hydrogen) atoms. The topological polar surface area (TPSA) is 89.3 Å². The molecule has 0 heterocycles. The number of carbonyl (C=O) groups excluding carboxylic acids is 1. The summed E-state index contributed by atoms with van der Waals surface area (Å²) in [4.78, 5) is 12.3. The minimum Gasteiger partial charge on any atom is -0.389 e. The highest BCUT2D eigenvalue weighted by atomic mass is 79.9. The Morgan fingerprint density at radius 2 is 1.95 bits per heavy atom. The van der Waals surface area contributed by atoms with Gasteiger partial charge in [-0.25, -0.2) is 8.42 Å². The maximum absolute atomic E-state index is 12.2. The van der Waals surface area contributed by atoms with Gasteiger partial charge in [-0.05, 0) is 32.0 Å². The molecule has 0 aromatic heterocycles. The fourth-order valence-corrected chi connectivity index (χ4v) is 2.20. The van der Waals surface area contributed by atoms with Crippen molar-refractivity contribution in [2.45, 2.75) is 18.6 Å². The normalized spacial score (nSPS) is 12.0. The number of anilines is 1. The molecule has 110 valence electrons. The molecule has 1 rings (SSSR count). The Balaban J connectivity index is 3.21. The van der Waals surface area contributed by atoms with Crippen LogP contribution in [-0.4, -0.2) is 30.3 Å². The second kappa shape index (κ2) is 5.79. The van der Waals surface area contributed by atoms with Gasteiger partial charge in [0, 0.05) is 16.3 Å². The molecule has 0 atom stereocenters. The molecular weight excluding hydrogens is 364 g/mol. The Bertz CT molecular complexity index is 669.